The minimum atomic E-state index is -0.303. The molecule has 3 aromatic heterocycles. The molecule has 0 fully saturated rings. The van der Waals surface area contributed by atoms with Crippen LogP contribution in [-0.4, -0.2) is 35.7 Å². The van der Waals surface area contributed by atoms with E-state index in [1.807, 2.05) is 36.9 Å². The lowest BCUT2D eigenvalue weighted by atomic mass is 10.2. The molecule has 4 aromatic rings. The number of aromatic nitrogens is 6. The predicted molar refractivity (Wildman–Crippen MR) is 103 cm³/mol. The molecule has 0 aliphatic heterocycles. The first-order valence-electron chi connectivity index (χ1n) is 8.44. The van der Waals surface area contributed by atoms with Gasteiger partial charge >= 0.3 is 0 Å². The summed E-state index contributed by atoms with van der Waals surface area (Å²) in [6, 6.07) is 8.97. The average Bonchev–Trinajstić information content (AvgIpc) is 3.42. The summed E-state index contributed by atoms with van der Waals surface area (Å²) in [6.45, 7) is 1.92. The number of carbonyl (C=O) groups excluding carboxylic acids is 1. The molecule has 9 nitrogen and oxygen atoms in total. The van der Waals surface area contributed by atoms with E-state index in [1.165, 1.54) is 6.33 Å². The van der Waals surface area contributed by atoms with E-state index in [1.54, 1.807) is 40.8 Å². The lowest BCUT2D eigenvalue weighted by Gasteiger charge is -2.08. The van der Waals surface area contributed by atoms with Crippen LogP contribution in [0.15, 0.2) is 58.6 Å². The van der Waals surface area contributed by atoms with Crippen LogP contribution in [0.3, 0.4) is 0 Å². The van der Waals surface area contributed by atoms with Crippen LogP contribution in [0.1, 0.15) is 21.9 Å². The number of furan rings is 1. The lowest BCUT2D eigenvalue weighted by molar-refractivity contribution is 0.0995. The highest BCUT2D eigenvalue weighted by atomic mass is 32.2. The van der Waals surface area contributed by atoms with Gasteiger partial charge in [0.25, 0.3) is 5.91 Å². The van der Waals surface area contributed by atoms with Crippen LogP contribution in [0.25, 0.3) is 5.69 Å². The zero-order valence-electron chi connectivity index (χ0n) is 15.2. The zero-order valence-corrected chi connectivity index (χ0v) is 16.1. The summed E-state index contributed by atoms with van der Waals surface area (Å²) in [4.78, 5) is 16.7. The highest BCUT2D eigenvalue weighted by molar-refractivity contribution is 7.98. The molecule has 28 heavy (non-hydrogen) atoms. The Kier molecular flexibility index (Phi) is 4.94. The van der Waals surface area contributed by atoms with Crippen LogP contribution in [0, 0.1) is 6.92 Å². The Morgan fingerprint density at radius 3 is 2.89 bits per heavy atom. The Morgan fingerprint density at radius 1 is 1.29 bits per heavy atom. The number of imidazole rings is 1. The third-order valence-corrected chi connectivity index (χ3v) is 5.14. The van der Waals surface area contributed by atoms with Crippen LogP contribution in [-0.2, 0) is 12.8 Å². The number of hydrogen-bond donors (Lipinski definition) is 1. The highest BCUT2D eigenvalue weighted by Gasteiger charge is 2.13. The summed E-state index contributed by atoms with van der Waals surface area (Å²) in [5.41, 5.74) is 2.44. The maximum Gasteiger partial charge on any atom is 0.291 e. The number of nitrogens with one attached hydrogen (secondary N) is 1. The molecule has 4 rings (SSSR count). The van der Waals surface area contributed by atoms with Gasteiger partial charge in [-0.1, -0.05) is 11.8 Å². The summed E-state index contributed by atoms with van der Waals surface area (Å²) in [7, 11) is 1.93. The van der Waals surface area contributed by atoms with E-state index in [2.05, 4.69) is 25.8 Å². The second-order valence-corrected chi connectivity index (χ2v) is 7.03. The molecule has 0 aliphatic rings. The molecule has 0 aliphatic carbocycles. The zero-order chi connectivity index (χ0) is 19.5. The van der Waals surface area contributed by atoms with E-state index < -0.39 is 0 Å². The van der Waals surface area contributed by atoms with Crippen molar-refractivity contribution in [2.75, 3.05) is 5.32 Å². The molecule has 1 N–H and O–H groups in total. The van der Waals surface area contributed by atoms with Crippen molar-refractivity contribution in [3.63, 3.8) is 0 Å². The van der Waals surface area contributed by atoms with Crippen LogP contribution >= 0.6 is 11.8 Å². The molecule has 0 radical (unpaired) electrons. The normalized spacial score (nSPS) is 10.9. The van der Waals surface area contributed by atoms with Crippen molar-refractivity contribution in [1.82, 2.24) is 29.8 Å². The van der Waals surface area contributed by atoms with Gasteiger partial charge in [-0.05, 0) is 53.2 Å². The van der Waals surface area contributed by atoms with E-state index in [9.17, 15) is 4.79 Å². The molecule has 0 spiro atoms. The highest BCUT2D eigenvalue weighted by Crippen LogP contribution is 2.23. The standard InChI is InChI=1S/C18H17N7O2S/c1-12-9-13(3-5-15(12)25-11-20-22-23-25)21-17(26)16-6-4-14(27-16)10-28-18-19-7-8-24(18)2/h3-9,11H,10H2,1-2H3,(H,21,26). The molecule has 0 saturated carbocycles. The number of thioether (sulfide) groups is 1. The summed E-state index contributed by atoms with van der Waals surface area (Å²) in [6.07, 6.45) is 5.15. The quantitative estimate of drug-likeness (QED) is 0.501. The van der Waals surface area contributed by atoms with Gasteiger partial charge in [-0.25, -0.2) is 9.67 Å². The Balaban J connectivity index is 1.41. The molecule has 1 aromatic carbocycles. The molecular formula is C18H17N7O2S. The molecule has 1 amide bonds. The third kappa shape index (κ3) is 3.81. The fourth-order valence-electron chi connectivity index (χ4n) is 2.66. The maximum absolute atomic E-state index is 12.5. The number of aryl methyl sites for hydroxylation is 2. The van der Waals surface area contributed by atoms with Crippen LogP contribution in [0.5, 0.6) is 0 Å². The number of benzene rings is 1. The maximum atomic E-state index is 12.5. The fourth-order valence-corrected chi connectivity index (χ4v) is 3.49. The minimum absolute atomic E-state index is 0.262. The van der Waals surface area contributed by atoms with Crippen molar-refractivity contribution in [3.8, 4) is 5.69 Å². The Morgan fingerprint density at radius 2 is 2.18 bits per heavy atom. The summed E-state index contributed by atoms with van der Waals surface area (Å²) < 4.78 is 9.17. The van der Waals surface area contributed by atoms with Gasteiger partial charge < -0.3 is 14.3 Å². The second kappa shape index (κ2) is 7.69. The first-order chi connectivity index (χ1) is 13.6. The fraction of sp³-hybridized carbons (Fsp3) is 0.167. The third-order valence-electron chi connectivity index (χ3n) is 4.06. The van der Waals surface area contributed by atoms with Crippen LogP contribution in [0.2, 0.25) is 0 Å². The van der Waals surface area contributed by atoms with E-state index in [0.29, 0.717) is 17.2 Å². The van der Waals surface area contributed by atoms with Crippen LogP contribution in [0.4, 0.5) is 5.69 Å². The van der Waals surface area contributed by atoms with E-state index in [-0.39, 0.29) is 11.7 Å². The number of carbonyl (C=O) groups is 1. The molecule has 0 atom stereocenters. The van der Waals surface area contributed by atoms with E-state index in [4.69, 9.17) is 4.42 Å². The first kappa shape index (κ1) is 18.0. The van der Waals surface area contributed by atoms with Crippen molar-refractivity contribution in [1.29, 1.82) is 0 Å². The monoisotopic (exact) mass is 395 g/mol. The molecule has 10 heteroatoms. The number of nitrogens with zero attached hydrogens (tertiary/aromatic N) is 6. The Labute approximate surface area is 164 Å². The van der Waals surface area contributed by atoms with Crippen LogP contribution < -0.4 is 5.32 Å². The average molecular weight is 395 g/mol. The molecular weight excluding hydrogens is 378 g/mol. The Hall–Kier alpha value is -3.40. The van der Waals surface area contributed by atoms with E-state index >= 15 is 0 Å². The summed E-state index contributed by atoms with van der Waals surface area (Å²) in [5, 5.41) is 14.9. The van der Waals surface area contributed by atoms with Crippen molar-refractivity contribution >= 4 is 23.4 Å². The predicted octanol–water partition coefficient (Wildman–Crippen LogP) is 2.84. The van der Waals surface area contributed by atoms with Crippen molar-refractivity contribution < 1.29 is 9.21 Å². The first-order valence-corrected chi connectivity index (χ1v) is 9.43. The number of amides is 1. The lowest BCUT2D eigenvalue weighted by Crippen LogP contribution is -2.11. The van der Waals surface area contributed by atoms with Gasteiger partial charge in [-0.3, -0.25) is 4.79 Å². The second-order valence-electron chi connectivity index (χ2n) is 6.09. The Bertz CT molecular complexity index is 1100. The molecule has 0 unspecified atom stereocenters. The topological polar surface area (TPSA) is 104 Å². The van der Waals surface area contributed by atoms with Gasteiger partial charge in [0, 0.05) is 25.1 Å². The number of hydrogen-bond acceptors (Lipinski definition) is 7. The number of rotatable bonds is 6. The molecule has 142 valence electrons. The van der Waals surface area contributed by atoms with E-state index in [0.717, 1.165) is 16.4 Å². The van der Waals surface area contributed by atoms with Crippen molar-refractivity contribution in [2.24, 2.45) is 7.05 Å². The summed E-state index contributed by atoms with van der Waals surface area (Å²) >= 11 is 1.55. The van der Waals surface area contributed by atoms with Gasteiger partial charge in [0.2, 0.25) is 0 Å². The van der Waals surface area contributed by atoms with Gasteiger partial charge in [0.1, 0.15) is 12.1 Å². The van der Waals surface area contributed by atoms with Gasteiger partial charge in [0.15, 0.2) is 10.9 Å². The smallest absolute Gasteiger partial charge is 0.291 e. The molecule has 0 saturated heterocycles. The van der Waals surface area contributed by atoms with Crippen molar-refractivity contribution in [2.45, 2.75) is 17.8 Å². The summed E-state index contributed by atoms with van der Waals surface area (Å²) in [5.74, 6) is 1.27. The largest absolute Gasteiger partial charge is 0.455 e. The SMILES string of the molecule is Cc1cc(NC(=O)c2ccc(CSc3nccn3C)o2)ccc1-n1cnnn1. The molecule has 3 heterocycles. The van der Waals surface area contributed by atoms with Gasteiger partial charge in [-0.2, -0.15) is 0 Å². The van der Waals surface area contributed by atoms with Crippen molar-refractivity contribution in [3.05, 3.63) is 66.1 Å². The molecule has 0 bridgehead atoms. The minimum Gasteiger partial charge on any atom is -0.455 e. The number of anilines is 1. The van der Waals surface area contributed by atoms with Gasteiger partial charge in [0.05, 0.1) is 11.4 Å². The number of tetrazole rings is 1. The van der Waals surface area contributed by atoms with Gasteiger partial charge in [-0.15, -0.1) is 5.10 Å².